The number of nitrogens with zero attached hydrogens (tertiary/aromatic N) is 7. The van der Waals surface area contributed by atoms with Gasteiger partial charge in [-0.2, -0.15) is 5.10 Å². The molecule has 0 unspecified atom stereocenters. The SMILES string of the molecule is Fc1ccc(-n2ncc3c2ncn2nc(-c4cccnc4)nc32)cc1. The van der Waals surface area contributed by atoms with Crippen LogP contribution in [0.2, 0.25) is 0 Å². The Kier molecular flexibility index (Phi) is 2.84. The maximum atomic E-state index is 13.1. The van der Waals surface area contributed by atoms with Crippen LogP contribution in [0.3, 0.4) is 0 Å². The highest BCUT2D eigenvalue weighted by molar-refractivity contribution is 5.89. The molecule has 0 saturated heterocycles. The summed E-state index contributed by atoms with van der Waals surface area (Å²) in [5.41, 5.74) is 2.83. The summed E-state index contributed by atoms with van der Waals surface area (Å²) in [5, 5.41) is 9.57. The molecule has 4 heterocycles. The topological polar surface area (TPSA) is 73.8 Å². The number of aromatic nitrogens is 7. The summed E-state index contributed by atoms with van der Waals surface area (Å²) >= 11 is 0. The van der Waals surface area contributed by atoms with E-state index in [0.29, 0.717) is 17.1 Å². The van der Waals surface area contributed by atoms with E-state index in [1.165, 1.54) is 12.1 Å². The van der Waals surface area contributed by atoms with Crippen LogP contribution in [0.25, 0.3) is 33.8 Å². The zero-order valence-corrected chi connectivity index (χ0v) is 12.8. The van der Waals surface area contributed by atoms with Crippen LogP contribution < -0.4 is 0 Å². The minimum absolute atomic E-state index is 0.297. The van der Waals surface area contributed by atoms with Crippen LogP contribution in [0.15, 0.2) is 61.3 Å². The number of pyridine rings is 1. The van der Waals surface area contributed by atoms with Crippen LogP contribution in [0, 0.1) is 5.82 Å². The molecule has 4 aromatic heterocycles. The van der Waals surface area contributed by atoms with Crippen molar-refractivity contribution in [3.8, 4) is 17.1 Å². The molecule has 0 aliphatic carbocycles. The molecule has 1 aromatic carbocycles. The molecule has 0 spiro atoms. The summed E-state index contributed by atoms with van der Waals surface area (Å²) < 4.78 is 16.4. The molecule has 25 heavy (non-hydrogen) atoms. The molecule has 0 bridgehead atoms. The van der Waals surface area contributed by atoms with E-state index < -0.39 is 0 Å². The average Bonchev–Trinajstić information content (AvgIpc) is 3.27. The van der Waals surface area contributed by atoms with Gasteiger partial charge in [-0.25, -0.2) is 23.6 Å². The zero-order valence-electron chi connectivity index (χ0n) is 12.8. The van der Waals surface area contributed by atoms with Gasteiger partial charge in [0.1, 0.15) is 12.1 Å². The highest BCUT2D eigenvalue weighted by Gasteiger charge is 2.14. The third-order valence-corrected chi connectivity index (χ3v) is 3.90. The van der Waals surface area contributed by atoms with Crippen LogP contribution in [0.5, 0.6) is 0 Å². The number of halogens is 1. The predicted molar refractivity (Wildman–Crippen MR) is 88.6 cm³/mol. The van der Waals surface area contributed by atoms with Gasteiger partial charge in [0.2, 0.25) is 0 Å². The van der Waals surface area contributed by atoms with Gasteiger partial charge in [-0.05, 0) is 36.4 Å². The average molecular weight is 331 g/mol. The molecule has 0 saturated carbocycles. The summed E-state index contributed by atoms with van der Waals surface area (Å²) in [5.74, 6) is 0.270. The first kappa shape index (κ1) is 13.7. The third-order valence-electron chi connectivity index (χ3n) is 3.90. The summed E-state index contributed by atoms with van der Waals surface area (Å²) in [6.45, 7) is 0. The van der Waals surface area contributed by atoms with Gasteiger partial charge < -0.3 is 0 Å². The summed E-state index contributed by atoms with van der Waals surface area (Å²) in [4.78, 5) is 13.1. The van der Waals surface area contributed by atoms with E-state index in [1.807, 2.05) is 12.1 Å². The molecule has 0 fully saturated rings. The van der Waals surface area contributed by atoms with Crippen LogP contribution in [-0.2, 0) is 0 Å². The Morgan fingerprint density at radius 2 is 1.84 bits per heavy atom. The minimum Gasteiger partial charge on any atom is -0.264 e. The van der Waals surface area contributed by atoms with Gasteiger partial charge in [-0.15, -0.1) is 5.10 Å². The largest absolute Gasteiger partial charge is 0.264 e. The third kappa shape index (κ3) is 2.15. The Hall–Kier alpha value is -3.68. The lowest BCUT2D eigenvalue weighted by Gasteiger charge is -2.02. The molecule has 5 rings (SSSR count). The lowest BCUT2D eigenvalue weighted by Crippen LogP contribution is -1.99. The van der Waals surface area contributed by atoms with Crippen molar-refractivity contribution in [3.05, 3.63) is 67.1 Å². The standard InChI is InChI=1S/C17H10FN7/c18-12-3-5-13(6-4-12)25-16-14(9-21-25)17-22-15(23-24(17)10-20-16)11-2-1-7-19-8-11/h1-10H. The Bertz CT molecular complexity index is 1190. The molecule has 0 aliphatic rings. The van der Waals surface area contributed by atoms with Crippen LogP contribution in [-0.4, -0.2) is 34.3 Å². The number of rotatable bonds is 2. The van der Waals surface area contributed by atoms with Crippen LogP contribution >= 0.6 is 0 Å². The second kappa shape index (κ2) is 5.17. The molecule has 7 nitrogen and oxygen atoms in total. The first-order valence-corrected chi connectivity index (χ1v) is 7.55. The van der Waals surface area contributed by atoms with Crippen molar-refractivity contribution >= 4 is 16.7 Å². The maximum Gasteiger partial charge on any atom is 0.183 e. The van der Waals surface area contributed by atoms with Gasteiger partial charge in [0.25, 0.3) is 0 Å². The van der Waals surface area contributed by atoms with Crippen molar-refractivity contribution in [2.75, 3.05) is 0 Å². The van der Waals surface area contributed by atoms with Gasteiger partial charge in [0.05, 0.1) is 17.3 Å². The highest BCUT2D eigenvalue weighted by atomic mass is 19.1. The maximum absolute atomic E-state index is 13.1. The van der Waals surface area contributed by atoms with E-state index in [4.69, 9.17) is 0 Å². The monoisotopic (exact) mass is 331 g/mol. The Morgan fingerprint density at radius 1 is 0.960 bits per heavy atom. The minimum atomic E-state index is -0.297. The number of fused-ring (bicyclic) bond motifs is 3. The van der Waals surface area contributed by atoms with Crippen molar-refractivity contribution in [1.29, 1.82) is 0 Å². The van der Waals surface area contributed by atoms with Crippen molar-refractivity contribution in [1.82, 2.24) is 34.3 Å². The highest BCUT2D eigenvalue weighted by Crippen LogP contribution is 2.22. The van der Waals surface area contributed by atoms with Crippen molar-refractivity contribution in [2.24, 2.45) is 0 Å². The second-order valence-electron chi connectivity index (χ2n) is 5.46. The number of hydrogen-bond donors (Lipinski definition) is 0. The van der Waals surface area contributed by atoms with E-state index >= 15 is 0 Å². The Labute approximate surface area is 140 Å². The molecule has 0 amide bonds. The molecule has 8 heteroatoms. The van der Waals surface area contributed by atoms with E-state index in [-0.39, 0.29) is 5.82 Å². The molecule has 5 aromatic rings. The van der Waals surface area contributed by atoms with E-state index in [0.717, 1.165) is 16.6 Å². The molecule has 0 N–H and O–H groups in total. The van der Waals surface area contributed by atoms with Gasteiger partial charge in [0, 0.05) is 18.0 Å². The molecule has 0 aliphatic heterocycles. The van der Waals surface area contributed by atoms with E-state index in [9.17, 15) is 4.39 Å². The first-order chi connectivity index (χ1) is 12.3. The van der Waals surface area contributed by atoms with Gasteiger partial charge in [0.15, 0.2) is 17.1 Å². The van der Waals surface area contributed by atoms with Gasteiger partial charge >= 0.3 is 0 Å². The molecule has 0 atom stereocenters. The van der Waals surface area contributed by atoms with Gasteiger partial charge in [-0.1, -0.05) is 0 Å². The predicted octanol–water partition coefficient (Wildman–Crippen LogP) is 2.66. The Morgan fingerprint density at radius 3 is 2.64 bits per heavy atom. The zero-order chi connectivity index (χ0) is 16.8. The van der Waals surface area contributed by atoms with Crippen LogP contribution in [0.1, 0.15) is 0 Å². The fourth-order valence-electron chi connectivity index (χ4n) is 2.71. The quantitative estimate of drug-likeness (QED) is 0.497. The van der Waals surface area contributed by atoms with Crippen LogP contribution in [0.4, 0.5) is 4.39 Å². The molecule has 0 radical (unpaired) electrons. The smallest absolute Gasteiger partial charge is 0.183 e. The number of hydrogen-bond acceptors (Lipinski definition) is 5. The normalized spacial score (nSPS) is 11.4. The van der Waals surface area contributed by atoms with Crippen molar-refractivity contribution < 1.29 is 4.39 Å². The molecular formula is C17H10FN7. The lowest BCUT2D eigenvalue weighted by atomic mass is 10.3. The van der Waals surface area contributed by atoms with E-state index in [1.54, 1.807) is 46.2 Å². The van der Waals surface area contributed by atoms with Gasteiger partial charge in [-0.3, -0.25) is 4.98 Å². The summed E-state index contributed by atoms with van der Waals surface area (Å²) in [6, 6.07) is 9.81. The van der Waals surface area contributed by atoms with Crippen molar-refractivity contribution in [3.63, 3.8) is 0 Å². The lowest BCUT2D eigenvalue weighted by molar-refractivity contribution is 0.627. The molecule has 120 valence electrons. The summed E-state index contributed by atoms with van der Waals surface area (Å²) in [7, 11) is 0. The fourth-order valence-corrected chi connectivity index (χ4v) is 2.71. The van der Waals surface area contributed by atoms with E-state index in [2.05, 4.69) is 25.1 Å². The second-order valence-corrected chi connectivity index (χ2v) is 5.46. The molecular weight excluding hydrogens is 321 g/mol. The fraction of sp³-hybridized carbons (Fsp3) is 0. The first-order valence-electron chi connectivity index (χ1n) is 7.55. The van der Waals surface area contributed by atoms with Crippen molar-refractivity contribution in [2.45, 2.75) is 0 Å². The Balaban J connectivity index is 1.71. The number of benzene rings is 1. The summed E-state index contributed by atoms with van der Waals surface area (Å²) in [6.07, 6.45) is 6.68.